The van der Waals surface area contributed by atoms with Gasteiger partial charge in [0.15, 0.2) is 0 Å². The molecule has 0 aromatic rings. The standard InChI is InChI=1S/C11H22F3NO/c1-5-15-9(6-7-11(12,13)14)10(16-4)8(2)3/h8-10,15H,5-7H2,1-4H3. The first-order valence-electron chi connectivity index (χ1n) is 5.64. The molecule has 0 aromatic heterocycles. The third-order valence-electron chi connectivity index (χ3n) is 2.53. The van der Waals surface area contributed by atoms with Crippen molar-refractivity contribution in [3.05, 3.63) is 0 Å². The number of halogens is 3. The fraction of sp³-hybridized carbons (Fsp3) is 1.00. The van der Waals surface area contributed by atoms with Crippen molar-refractivity contribution in [3.63, 3.8) is 0 Å². The van der Waals surface area contributed by atoms with E-state index < -0.39 is 12.6 Å². The number of ether oxygens (including phenoxy) is 1. The van der Waals surface area contributed by atoms with Crippen molar-refractivity contribution < 1.29 is 17.9 Å². The van der Waals surface area contributed by atoms with E-state index in [0.29, 0.717) is 6.54 Å². The minimum atomic E-state index is -4.09. The Kier molecular flexibility index (Phi) is 6.99. The van der Waals surface area contributed by atoms with Crippen LogP contribution in [0, 0.1) is 5.92 Å². The molecule has 0 radical (unpaired) electrons. The molecule has 0 aliphatic rings. The van der Waals surface area contributed by atoms with Gasteiger partial charge in [0.1, 0.15) is 0 Å². The Morgan fingerprint density at radius 2 is 1.81 bits per heavy atom. The molecule has 0 spiro atoms. The van der Waals surface area contributed by atoms with Crippen LogP contribution in [-0.4, -0.2) is 32.0 Å². The van der Waals surface area contributed by atoms with E-state index in [4.69, 9.17) is 4.74 Å². The predicted molar refractivity (Wildman–Crippen MR) is 58.4 cm³/mol. The second-order valence-corrected chi connectivity index (χ2v) is 4.26. The van der Waals surface area contributed by atoms with E-state index in [2.05, 4.69) is 5.32 Å². The average Bonchev–Trinajstić information content (AvgIpc) is 2.13. The topological polar surface area (TPSA) is 21.3 Å². The summed E-state index contributed by atoms with van der Waals surface area (Å²) in [7, 11) is 1.54. The zero-order valence-electron chi connectivity index (χ0n) is 10.4. The highest BCUT2D eigenvalue weighted by atomic mass is 19.4. The molecule has 0 heterocycles. The lowest BCUT2D eigenvalue weighted by Gasteiger charge is -2.30. The Morgan fingerprint density at radius 3 is 2.12 bits per heavy atom. The summed E-state index contributed by atoms with van der Waals surface area (Å²) < 4.78 is 41.7. The Morgan fingerprint density at radius 1 is 1.25 bits per heavy atom. The van der Waals surface area contributed by atoms with Crippen LogP contribution in [-0.2, 0) is 4.74 Å². The second kappa shape index (κ2) is 7.12. The molecule has 0 aliphatic carbocycles. The molecule has 2 atom stereocenters. The molecule has 0 saturated heterocycles. The molecule has 0 rings (SSSR count). The first kappa shape index (κ1) is 15.7. The molecule has 0 bridgehead atoms. The highest BCUT2D eigenvalue weighted by molar-refractivity contribution is 4.80. The number of alkyl halides is 3. The molecular formula is C11H22F3NO. The van der Waals surface area contributed by atoms with Crippen molar-refractivity contribution in [2.45, 2.75) is 51.9 Å². The number of methoxy groups -OCH3 is 1. The smallest absolute Gasteiger partial charge is 0.380 e. The lowest BCUT2D eigenvalue weighted by Crippen LogP contribution is -2.44. The molecule has 0 aliphatic heterocycles. The van der Waals surface area contributed by atoms with Crippen LogP contribution in [0.5, 0.6) is 0 Å². The van der Waals surface area contributed by atoms with Crippen molar-refractivity contribution in [1.29, 1.82) is 0 Å². The van der Waals surface area contributed by atoms with Crippen LogP contribution in [0.15, 0.2) is 0 Å². The molecule has 0 saturated carbocycles. The molecule has 0 amide bonds. The van der Waals surface area contributed by atoms with Crippen LogP contribution < -0.4 is 5.32 Å². The number of nitrogens with one attached hydrogen (secondary N) is 1. The van der Waals surface area contributed by atoms with Gasteiger partial charge in [-0.05, 0) is 18.9 Å². The summed E-state index contributed by atoms with van der Waals surface area (Å²) in [6.45, 7) is 6.43. The first-order valence-corrected chi connectivity index (χ1v) is 5.64. The van der Waals surface area contributed by atoms with Gasteiger partial charge in [0.2, 0.25) is 0 Å². The molecule has 1 N–H and O–H groups in total. The number of rotatable bonds is 7. The number of likely N-dealkylation sites (N-methyl/N-ethyl adjacent to an activating group) is 1. The van der Waals surface area contributed by atoms with Gasteiger partial charge in [0.25, 0.3) is 0 Å². The highest BCUT2D eigenvalue weighted by Gasteiger charge is 2.31. The molecule has 0 fully saturated rings. The maximum atomic E-state index is 12.2. The summed E-state index contributed by atoms with van der Waals surface area (Å²) in [5.41, 5.74) is 0. The average molecular weight is 241 g/mol. The van der Waals surface area contributed by atoms with Crippen molar-refractivity contribution in [3.8, 4) is 0 Å². The van der Waals surface area contributed by atoms with Crippen LogP contribution in [0.2, 0.25) is 0 Å². The third-order valence-corrected chi connectivity index (χ3v) is 2.53. The van der Waals surface area contributed by atoms with E-state index in [-0.39, 0.29) is 24.5 Å². The van der Waals surface area contributed by atoms with Gasteiger partial charge in [0.05, 0.1) is 6.10 Å². The van der Waals surface area contributed by atoms with E-state index in [1.807, 2.05) is 20.8 Å². The van der Waals surface area contributed by atoms with E-state index in [0.717, 1.165) is 0 Å². The predicted octanol–water partition coefficient (Wildman–Crippen LogP) is 2.98. The van der Waals surface area contributed by atoms with Crippen LogP contribution in [0.25, 0.3) is 0 Å². The second-order valence-electron chi connectivity index (χ2n) is 4.26. The fourth-order valence-electron chi connectivity index (χ4n) is 1.86. The van der Waals surface area contributed by atoms with Gasteiger partial charge < -0.3 is 10.1 Å². The molecule has 2 nitrogen and oxygen atoms in total. The van der Waals surface area contributed by atoms with Gasteiger partial charge >= 0.3 is 6.18 Å². The van der Waals surface area contributed by atoms with Crippen molar-refractivity contribution >= 4 is 0 Å². The van der Waals surface area contributed by atoms with Gasteiger partial charge in [-0.15, -0.1) is 0 Å². The fourth-order valence-corrected chi connectivity index (χ4v) is 1.86. The number of hydrogen-bond donors (Lipinski definition) is 1. The van der Waals surface area contributed by atoms with E-state index in [9.17, 15) is 13.2 Å². The molecule has 2 unspecified atom stereocenters. The quantitative estimate of drug-likeness (QED) is 0.740. The first-order chi connectivity index (χ1) is 7.31. The van der Waals surface area contributed by atoms with E-state index >= 15 is 0 Å². The molecular weight excluding hydrogens is 219 g/mol. The Hall–Kier alpha value is -0.290. The SMILES string of the molecule is CCNC(CCC(F)(F)F)C(OC)C(C)C. The minimum absolute atomic E-state index is 0.0635. The lowest BCUT2D eigenvalue weighted by atomic mass is 9.95. The summed E-state index contributed by atoms with van der Waals surface area (Å²) in [4.78, 5) is 0. The van der Waals surface area contributed by atoms with Crippen LogP contribution >= 0.6 is 0 Å². The Bertz CT molecular complexity index is 183. The summed E-state index contributed by atoms with van der Waals surface area (Å²) in [6, 6.07) is -0.239. The van der Waals surface area contributed by atoms with Crippen LogP contribution in [0.4, 0.5) is 13.2 Å². The maximum Gasteiger partial charge on any atom is 0.389 e. The summed E-state index contributed by atoms with van der Waals surface area (Å²) in [5, 5.41) is 3.06. The number of hydrogen-bond acceptors (Lipinski definition) is 2. The van der Waals surface area contributed by atoms with Gasteiger partial charge in [-0.3, -0.25) is 0 Å². The monoisotopic (exact) mass is 241 g/mol. The highest BCUT2D eigenvalue weighted by Crippen LogP contribution is 2.24. The summed E-state index contributed by atoms with van der Waals surface area (Å²) in [6.07, 6.45) is -4.98. The van der Waals surface area contributed by atoms with Crippen molar-refractivity contribution in [2.75, 3.05) is 13.7 Å². The lowest BCUT2D eigenvalue weighted by molar-refractivity contribution is -0.138. The molecule has 0 aromatic carbocycles. The van der Waals surface area contributed by atoms with E-state index in [1.165, 1.54) is 0 Å². The maximum absolute atomic E-state index is 12.2. The Labute approximate surface area is 95.5 Å². The molecule has 16 heavy (non-hydrogen) atoms. The zero-order chi connectivity index (χ0) is 12.8. The minimum Gasteiger partial charge on any atom is -0.380 e. The van der Waals surface area contributed by atoms with Gasteiger partial charge in [-0.25, -0.2) is 0 Å². The van der Waals surface area contributed by atoms with Crippen molar-refractivity contribution in [1.82, 2.24) is 5.32 Å². The third kappa shape index (κ3) is 6.33. The van der Waals surface area contributed by atoms with Crippen LogP contribution in [0.1, 0.15) is 33.6 Å². The summed E-state index contributed by atoms with van der Waals surface area (Å²) >= 11 is 0. The zero-order valence-corrected chi connectivity index (χ0v) is 10.4. The van der Waals surface area contributed by atoms with Gasteiger partial charge in [-0.2, -0.15) is 13.2 Å². The molecule has 5 heteroatoms. The normalized spacial score (nSPS) is 16.5. The summed E-state index contributed by atoms with van der Waals surface area (Å²) in [5.74, 6) is 0.197. The van der Waals surface area contributed by atoms with Crippen molar-refractivity contribution in [2.24, 2.45) is 5.92 Å². The largest absolute Gasteiger partial charge is 0.389 e. The van der Waals surface area contributed by atoms with E-state index in [1.54, 1.807) is 7.11 Å². The Balaban J connectivity index is 4.34. The molecule has 98 valence electrons. The van der Waals surface area contributed by atoms with Gasteiger partial charge in [-0.1, -0.05) is 20.8 Å². The van der Waals surface area contributed by atoms with Gasteiger partial charge in [0, 0.05) is 19.6 Å². The van der Waals surface area contributed by atoms with Crippen LogP contribution in [0.3, 0.4) is 0 Å².